The number of pyridine rings is 1. The normalized spacial score (nSPS) is 18.5. The third kappa shape index (κ3) is 3.80. The predicted molar refractivity (Wildman–Crippen MR) is 89.0 cm³/mol. The van der Waals surface area contributed by atoms with Gasteiger partial charge in [0, 0.05) is 44.9 Å². The molecule has 1 unspecified atom stereocenters. The molecule has 5 nitrogen and oxygen atoms in total. The molecule has 1 atom stereocenters. The molecule has 2 heterocycles. The number of urea groups is 1. The van der Waals surface area contributed by atoms with E-state index >= 15 is 0 Å². The van der Waals surface area contributed by atoms with E-state index in [1.807, 2.05) is 13.1 Å². The molecule has 0 N–H and O–H groups in total. The monoisotopic (exact) mass is 374 g/mol. The third-order valence-electron chi connectivity index (χ3n) is 3.72. The molecule has 1 aliphatic rings. The molecule has 1 fully saturated rings. The molecule has 2 rings (SSSR count). The first-order valence-corrected chi connectivity index (χ1v) is 8.07. The fourth-order valence-corrected chi connectivity index (χ4v) is 3.32. The Morgan fingerprint density at radius 1 is 1.48 bits per heavy atom. The van der Waals surface area contributed by atoms with Crippen LogP contribution in [0.4, 0.5) is 10.6 Å². The quantitative estimate of drug-likeness (QED) is 0.797. The van der Waals surface area contributed by atoms with Gasteiger partial charge in [-0.2, -0.15) is 0 Å². The Morgan fingerprint density at radius 2 is 2.19 bits per heavy atom. The Bertz CT molecular complexity index is 526. The van der Waals surface area contributed by atoms with Crippen LogP contribution >= 0.6 is 27.5 Å². The summed E-state index contributed by atoms with van der Waals surface area (Å²) in [5.41, 5.74) is 0. The second kappa shape index (κ2) is 6.83. The average molecular weight is 376 g/mol. The SMILES string of the molecule is CN(C)C(=O)N(C)C1CCCN(c2ncc(Br)cc2Cl)C1. The van der Waals surface area contributed by atoms with E-state index < -0.39 is 0 Å². The molecule has 1 aromatic rings. The molecular formula is C14H20BrClN4O. The van der Waals surface area contributed by atoms with Crippen LogP contribution in [0.5, 0.6) is 0 Å². The Morgan fingerprint density at radius 3 is 2.81 bits per heavy atom. The molecule has 2 amide bonds. The Hall–Kier alpha value is -1.01. The zero-order chi connectivity index (χ0) is 15.6. The maximum Gasteiger partial charge on any atom is 0.319 e. The number of hydrogen-bond donors (Lipinski definition) is 0. The van der Waals surface area contributed by atoms with Crippen molar-refractivity contribution in [2.24, 2.45) is 0 Å². The van der Waals surface area contributed by atoms with Crippen LogP contribution in [0, 0.1) is 0 Å². The van der Waals surface area contributed by atoms with Gasteiger partial charge in [-0.25, -0.2) is 9.78 Å². The van der Waals surface area contributed by atoms with Gasteiger partial charge in [-0.3, -0.25) is 0 Å². The van der Waals surface area contributed by atoms with Gasteiger partial charge in [-0.05, 0) is 34.8 Å². The summed E-state index contributed by atoms with van der Waals surface area (Å²) in [7, 11) is 5.40. The van der Waals surface area contributed by atoms with Gasteiger partial charge in [0.1, 0.15) is 5.82 Å². The van der Waals surface area contributed by atoms with Crippen molar-refractivity contribution >= 4 is 39.4 Å². The topological polar surface area (TPSA) is 39.7 Å². The second-order valence-electron chi connectivity index (χ2n) is 5.49. The first-order valence-electron chi connectivity index (χ1n) is 6.90. The minimum Gasteiger partial charge on any atom is -0.353 e. The van der Waals surface area contributed by atoms with Crippen LogP contribution in [0.15, 0.2) is 16.7 Å². The molecule has 0 aliphatic carbocycles. The number of aromatic nitrogens is 1. The fourth-order valence-electron chi connectivity index (χ4n) is 2.57. The van der Waals surface area contributed by atoms with Gasteiger partial charge in [0.2, 0.25) is 0 Å². The smallest absolute Gasteiger partial charge is 0.319 e. The van der Waals surface area contributed by atoms with Gasteiger partial charge in [-0.15, -0.1) is 0 Å². The second-order valence-corrected chi connectivity index (χ2v) is 6.81. The van der Waals surface area contributed by atoms with Crippen molar-refractivity contribution < 1.29 is 4.79 Å². The standard InChI is InChI=1S/C14H20BrClN4O/c1-18(2)14(21)19(3)11-5-4-6-20(9-11)13-12(16)7-10(15)8-17-13/h7-8,11H,4-6,9H2,1-3H3. The molecular weight excluding hydrogens is 356 g/mol. The summed E-state index contributed by atoms with van der Waals surface area (Å²) in [6.07, 6.45) is 3.77. The van der Waals surface area contributed by atoms with Gasteiger partial charge >= 0.3 is 6.03 Å². The Balaban J connectivity index is 2.12. The molecule has 1 aliphatic heterocycles. The number of anilines is 1. The third-order valence-corrected chi connectivity index (χ3v) is 4.43. The van der Waals surface area contributed by atoms with Crippen LogP contribution in [0.25, 0.3) is 0 Å². The Kier molecular flexibility index (Phi) is 5.32. The minimum atomic E-state index is 0.0247. The van der Waals surface area contributed by atoms with Crippen molar-refractivity contribution in [1.29, 1.82) is 0 Å². The van der Waals surface area contributed by atoms with E-state index in [1.54, 1.807) is 30.1 Å². The lowest BCUT2D eigenvalue weighted by atomic mass is 10.0. The molecule has 0 bridgehead atoms. The summed E-state index contributed by atoms with van der Waals surface area (Å²) in [5.74, 6) is 0.787. The summed E-state index contributed by atoms with van der Waals surface area (Å²) >= 11 is 9.65. The molecule has 1 saturated heterocycles. The zero-order valence-electron chi connectivity index (χ0n) is 12.5. The minimum absolute atomic E-state index is 0.0247. The molecule has 116 valence electrons. The first kappa shape index (κ1) is 16.4. The van der Waals surface area contributed by atoms with Crippen LogP contribution in [-0.4, -0.2) is 61.1 Å². The number of rotatable bonds is 2. The van der Waals surface area contributed by atoms with Gasteiger partial charge in [-0.1, -0.05) is 11.6 Å². The summed E-state index contributed by atoms with van der Waals surface area (Å²) < 4.78 is 0.865. The van der Waals surface area contributed by atoms with E-state index in [2.05, 4.69) is 25.8 Å². The number of piperidine rings is 1. The van der Waals surface area contributed by atoms with Gasteiger partial charge in [0.25, 0.3) is 0 Å². The van der Waals surface area contributed by atoms with E-state index in [1.165, 1.54) is 0 Å². The van der Waals surface area contributed by atoms with Crippen molar-refractivity contribution in [3.8, 4) is 0 Å². The van der Waals surface area contributed by atoms with Crippen molar-refractivity contribution in [2.45, 2.75) is 18.9 Å². The number of carbonyl (C=O) groups is 1. The maximum absolute atomic E-state index is 12.1. The molecule has 1 aromatic heterocycles. The maximum atomic E-state index is 12.1. The van der Waals surface area contributed by atoms with E-state index in [4.69, 9.17) is 11.6 Å². The van der Waals surface area contributed by atoms with Gasteiger partial charge in [0.05, 0.1) is 11.1 Å². The fraction of sp³-hybridized carbons (Fsp3) is 0.571. The molecule has 0 saturated carbocycles. The summed E-state index contributed by atoms with van der Waals surface area (Å²) in [4.78, 5) is 22.1. The Labute approximate surface area is 139 Å². The largest absolute Gasteiger partial charge is 0.353 e. The highest BCUT2D eigenvalue weighted by Gasteiger charge is 2.28. The molecule has 21 heavy (non-hydrogen) atoms. The van der Waals surface area contributed by atoms with Crippen LogP contribution in [0.3, 0.4) is 0 Å². The lowest BCUT2D eigenvalue weighted by molar-refractivity contribution is 0.157. The number of likely N-dealkylation sites (N-methyl/N-ethyl adjacent to an activating group) is 1. The summed E-state index contributed by atoms with van der Waals surface area (Å²) in [6.45, 7) is 1.67. The number of carbonyl (C=O) groups excluding carboxylic acids is 1. The van der Waals surface area contributed by atoms with E-state index in [0.717, 1.165) is 36.2 Å². The predicted octanol–water partition coefficient (Wildman–Crippen LogP) is 3.08. The number of hydrogen-bond acceptors (Lipinski definition) is 3. The van der Waals surface area contributed by atoms with Crippen LogP contribution in [0.1, 0.15) is 12.8 Å². The molecule has 0 spiro atoms. The lowest BCUT2D eigenvalue weighted by Gasteiger charge is -2.39. The first-order chi connectivity index (χ1) is 9.90. The highest BCUT2D eigenvalue weighted by molar-refractivity contribution is 9.10. The van der Waals surface area contributed by atoms with E-state index in [9.17, 15) is 4.79 Å². The molecule has 0 radical (unpaired) electrons. The van der Waals surface area contributed by atoms with Crippen molar-refractivity contribution in [1.82, 2.24) is 14.8 Å². The number of nitrogens with zero attached hydrogens (tertiary/aromatic N) is 4. The van der Waals surface area contributed by atoms with Crippen LogP contribution in [0.2, 0.25) is 5.02 Å². The highest BCUT2D eigenvalue weighted by atomic mass is 79.9. The number of amides is 2. The lowest BCUT2D eigenvalue weighted by Crippen LogP contribution is -2.51. The van der Waals surface area contributed by atoms with E-state index in [-0.39, 0.29) is 12.1 Å². The van der Waals surface area contributed by atoms with Crippen molar-refractivity contribution in [3.63, 3.8) is 0 Å². The summed E-state index contributed by atoms with van der Waals surface area (Å²) in [6, 6.07) is 2.05. The van der Waals surface area contributed by atoms with E-state index in [0.29, 0.717) is 5.02 Å². The highest BCUT2D eigenvalue weighted by Crippen LogP contribution is 2.29. The van der Waals surface area contributed by atoms with Crippen molar-refractivity contribution in [2.75, 3.05) is 39.1 Å². The van der Waals surface area contributed by atoms with Gasteiger partial charge < -0.3 is 14.7 Å². The number of halogens is 2. The molecule has 0 aromatic carbocycles. The van der Waals surface area contributed by atoms with Crippen LogP contribution in [-0.2, 0) is 0 Å². The zero-order valence-corrected chi connectivity index (χ0v) is 14.9. The average Bonchev–Trinajstić information content (AvgIpc) is 2.45. The van der Waals surface area contributed by atoms with Crippen molar-refractivity contribution in [3.05, 3.63) is 21.8 Å². The van der Waals surface area contributed by atoms with Crippen LogP contribution < -0.4 is 4.90 Å². The molecule has 7 heteroatoms. The van der Waals surface area contributed by atoms with Gasteiger partial charge in [0.15, 0.2) is 0 Å². The summed E-state index contributed by atoms with van der Waals surface area (Å²) in [5, 5.41) is 0.631.